The summed E-state index contributed by atoms with van der Waals surface area (Å²) in [5, 5.41) is 4.91. The molecule has 1 aliphatic carbocycles. The third-order valence-electron chi connectivity index (χ3n) is 4.48. The second-order valence-corrected chi connectivity index (χ2v) is 7.24. The van der Waals surface area contributed by atoms with Crippen molar-refractivity contribution in [3.05, 3.63) is 10.6 Å². The van der Waals surface area contributed by atoms with Gasteiger partial charge in [0.05, 0.1) is 11.8 Å². The Bertz CT molecular complexity index is 765. The van der Waals surface area contributed by atoms with Gasteiger partial charge >= 0.3 is 6.18 Å². The number of thiazole rings is 1. The topological polar surface area (TPSA) is 117 Å². The van der Waals surface area contributed by atoms with E-state index in [1.165, 1.54) is 7.05 Å². The van der Waals surface area contributed by atoms with E-state index in [9.17, 15) is 27.6 Å². The lowest BCUT2D eigenvalue weighted by atomic mass is 10.2. The number of nitrogens with one attached hydrogen (secondary N) is 2. The van der Waals surface area contributed by atoms with Crippen LogP contribution in [0, 0.1) is 17.8 Å². The highest BCUT2D eigenvalue weighted by Crippen LogP contribution is 2.49. The highest BCUT2D eigenvalue weighted by atomic mass is 32.1. The Labute approximate surface area is 149 Å². The maximum Gasteiger partial charge on any atom is 0.428 e. The smallest absolute Gasteiger partial charge is 0.375 e. The van der Waals surface area contributed by atoms with Crippen molar-refractivity contribution in [1.29, 1.82) is 0 Å². The van der Waals surface area contributed by atoms with E-state index in [1.807, 2.05) is 0 Å². The number of likely N-dealkylation sites (N-methyl/N-ethyl adjacent to an activating group) is 1. The first-order chi connectivity index (χ1) is 12.1. The number of hydrogen-bond donors (Lipinski definition) is 3. The standard InChI is InChI=1S/C14H16F3N5O3S/c1-22(12(25)8-9(14(15,16)17)26-13(18)21-8)3-2-19-10(23)6-5-4-20-11(24)7(5)6/h5-7H,2-4H2,1H3,(H2,18,21)(H,19,23)(H,20,24)/t5-,6-,7-/m1/s1. The maximum atomic E-state index is 12.9. The number of aromatic nitrogens is 1. The molecule has 0 unspecified atom stereocenters. The summed E-state index contributed by atoms with van der Waals surface area (Å²) in [7, 11) is 1.31. The molecule has 1 aliphatic heterocycles. The molecule has 0 spiro atoms. The zero-order valence-corrected chi connectivity index (χ0v) is 14.4. The Balaban J connectivity index is 1.53. The van der Waals surface area contributed by atoms with Gasteiger partial charge < -0.3 is 21.3 Å². The summed E-state index contributed by atoms with van der Waals surface area (Å²) in [6.07, 6.45) is -4.72. The van der Waals surface area contributed by atoms with Gasteiger partial charge in [-0.05, 0) is 0 Å². The number of amides is 3. The van der Waals surface area contributed by atoms with Gasteiger partial charge in [0.2, 0.25) is 11.8 Å². The zero-order valence-electron chi connectivity index (χ0n) is 13.6. The van der Waals surface area contributed by atoms with Crippen LogP contribution >= 0.6 is 11.3 Å². The minimum absolute atomic E-state index is 0.00640. The predicted octanol–water partition coefficient (Wildman–Crippen LogP) is -0.0757. The molecule has 4 N–H and O–H groups in total. The van der Waals surface area contributed by atoms with Crippen LogP contribution in [0.1, 0.15) is 15.4 Å². The molecule has 142 valence electrons. The van der Waals surface area contributed by atoms with Crippen molar-refractivity contribution in [3.63, 3.8) is 0 Å². The molecule has 1 saturated heterocycles. The van der Waals surface area contributed by atoms with Gasteiger partial charge in [0, 0.05) is 32.6 Å². The van der Waals surface area contributed by atoms with Gasteiger partial charge in [-0.3, -0.25) is 14.4 Å². The molecule has 3 atom stereocenters. The van der Waals surface area contributed by atoms with Crippen LogP contribution in [0.25, 0.3) is 0 Å². The fourth-order valence-electron chi connectivity index (χ4n) is 3.10. The number of halogens is 3. The van der Waals surface area contributed by atoms with Crippen LogP contribution in [-0.2, 0) is 15.8 Å². The van der Waals surface area contributed by atoms with Gasteiger partial charge in [0.1, 0.15) is 4.88 Å². The third-order valence-corrected chi connectivity index (χ3v) is 5.41. The molecular weight excluding hydrogens is 375 g/mol. The van der Waals surface area contributed by atoms with Crippen molar-refractivity contribution in [2.24, 2.45) is 17.8 Å². The van der Waals surface area contributed by atoms with Crippen molar-refractivity contribution in [1.82, 2.24) is 20.5 Å². The summed E-state index contributed by atoms with van der Waals surface area (Å²) in [5.74, 6) is -1.99. The van der Waals surface area contributed by atoms with E-state index in [-0.39, 0.29) is 59.1 Å². The van der Waals surface area contributed by atoms with Crippen LogP contribution in [-0.4, -0.2) is 54.3 Å². The van der Waals surface area contributed by atoms with Crippen LogP contribution in [0.15, 0.2) is 0 Å². The molecule has 0 radical (unpaired) electrons. The Morgan fingerprint density at radius 2 is 2.15 bits per heavy atom. The zero-order chi connectivity index (χ0) is 19.2. The van der Waals surface area contributed by atoms with E-state index in [4.69, 9.17) is 5.73 Å². The number of fused-ring (bicyclic) bond motifs is 1. The maximum absolute atomic E-state index is 12.9. The lowest BCUT2D eigenvalue weighted by Gasteiger charge is -2.17. The number of nitrogens with two attached hydrogens (primary N) is 1. The van der Waals surface area contributed by atoms with Crippen LogP contribution in [0.5, 0.6) is 0 Å². The van der Waals surface area contributed by atoms with Crippen LogP contribution in [0.4, 0.5) is 18.3 Å². The van der Waals surface area contributed by atoms with Gasteiger partial charge in [-0.1, -0.05) is 11.3 Å². The van der Waals surface area contributed by atoms with Crippen LogP contribution < -0.4 is 16.4 Å². The van der Waals surface area contributed by atoms with E-state index in [1.54, 1.807) is 0 Å². The van der Waals surface area contributed by atoms with Crippen molar-refractivity contribution in [2.75, 3.05) is 32.4 Å². The molecule has 12 heteroatoms. The second kappa shape index (κ2) is 6.41. The van der Waals surface area contributed by atoms with Gasteiger partial charge in [-0.25, -0.2) is 4.98 Å². The Morgan fingerprint density at radius 1 is 1.46 bits per heavy atom. The van der Waals surface area contributed by atoms with Crippen molar-refractivity contribution >= 4 is 34.2 Å². The molecule has 2 fully saturated rings. The molecule has 1 aromatic rings. The van der Waals surface area contributed by atoms with Crippen LogP contribution in [0.2, 0.25) is 0 Å². The number of hydrogen-bond acceptors (Lipinski definition) is 6. The summed E-state index contributed by atoms with van der Waals surface area (Å²) < 4.78 is 38.8. The quantitative estimate of drug-likeness (QED) is 0.649. The average Bonchev–Trinajstić information content (AvgIpc) is 2.96. The fourth-order valence-corrected chi connectivity index (χ4v) is 3.79. The first kappa shape index (κ1) is 18.4. The number of carbonyl (C=O) groups excluding carboxylic acids is 3. The summed E-state index contributed by atoms with van der Waals surface area (Å²) in [6.45, 7) is 0.526. The van der Waals surface area contributed by atoms with Crippen molar-refractivity contribution < 1.29 is 27.6 Å². The van der Waals surface area contributed by atoms with E-state index < -0.39 is 22.7 Å². The molecule has 3 rings (SSSR count). The first-order valence-corrected chi connectivity index (χ1v) is 8.57. The van der Waals surface area contributed by atoms with Gasteiger partial charge in [-0.2, -0.15) is 13.2 Å². The molecule has 0 bridgehead atoms. The van der Waals surface area contributed by atoms with Gasteiger partial charge in [0.25, 0.3) is 5.91 Å². The average molecular weight is 391 g/mol. The van der Waals surface area contributed by atoms with E-state index in [2.05, 4.69) is 15.6 Å². The Hall–Kier alpha value is -2.37. The Morgan fingerprint density at radius 3 is 2.73 bits per heavy atom. The fraction of sp³-hybridized carbons (Fsp3) is 0.571. The number of nitrogens with zero attached hydrogens (tertiary/aromatic N) is 2. The SMILES string of the molecule is CN(CCNC(=O)[C@@H]1[C@H]2CNC(=O)[C@H]21)C(=O)c1nc(N)sc1C(F)(F)F. The molecule has 2 heterocycles. The summed E-state index contributed by atoms with van der Waals surface area (Å²) in [5.41, 5.74) is 4.55. The summed E-state index contributed by atoms with van der Waals surface area (Å²) in [6, 6.07) is 0. The number of nitrogen functional groups attached to an aromatic ring is 1. The summed E-state index contributed by atoms with van der Waals surface area (Å²) in [4.78, 5) is 39.0. The third kappa shape index (κ3) is 3.32. The van der Waals surface area contributed by atoms with Crippen molar-refractivity contribution in [3.8, 4) is 0 Å². The first-order valence-electron chi connectivity index (χ1n) is 7.75. The number of alkyl halides is 3. The lowest BCUT2D eigenvalue weighted by molar-refractivity contribution is -0.134. The van der Waals surface area contributed by atoms with Crippen molar-refractivity contribution in [2.45, 2.75) is 6.18 Å². The molecule has 26 heavy (non-hydrogen) atoms. The predicted molar refractivity (Wildman–Crippen MR) is 85.0 cm³/mol. The molecule has 0 aromatic carbocycles. The van der Waals surface area contributed by atoms with Crippen LogP contribution in [0.3, 0.4) is 0 Å². The van der Waals surface area contributed by atoms with E-state index in [0.29, 0.717) is 6.54 Å². The number of piperidine rings is 1. The molecule has 3 amide bonds. The molecule has 1 aromatic heterocycles. The van der Waals surface area contributed by atoms with Gasteiger partial charge in [0.15, 0.2) is 10.8 Å². The monoisotopic (exact) mass is 391 g/mol. The normalized spacial score (nSPS) is 24.0. The minimum atomic E-state index is -4.72. The van der Waals surface area contributed by atoms with E-state index >= 15 is 0 Å². The highest BCUT2D eigenvalue weighted by Gasteiger charge is 2.62. The largest absolute Gasteiger partial charge is 0.428 e. The van der Waals surface area contributed by atoms with E-state index in [0.717, 1.165) is 4.90 Å². The number of anilines is 1. The number of rotatable bonds is 5. The Kier molecular flexibility index (Phi) is 4.54. The highest BCUT2D eigenvalue weighted by molar-refractivity contribution is 7.15. The summed E-state index contributed by atoms with van der Waals surface area (Å²) >= 11 is 0.204. The minimum Gasteiger partial charge on any atom is -0.375 e. The molecule has 1 saturated carbocycles. The van der Waals surface area contributed by atoms with Gasteiger partial charge in [-0.15, -0.1) is 0 Å². The second-order valence-electron chi connectivity index (χ2n) is 6.21. The molecular formula is C14H16F3N5O3S. The molecule has 8 nitrogen and oxygen atoms in total. The lowest BCUT2D eigenvalue weighted by Crippen LogP contribution is -2.38. The molecule has 2 aliphatic rings. The number of carbonyl (C=O) groups is 3.